The van der Waals surface area contributed by atoms with Gasteiger partial charge < -0.3 is 25.3 Å². The van der Waals surface area contributed by atoms with Crippen molar-refractivity contribution < 1.29 is 18.7 Å². The van der Waals surface area contributed by atoms with Crippen LogP contribution in [0.5, 0.6) is 5.75 Å². The lowest BCUT2D eigenvalue weighted by atomic mass is 10.0. The van der Waals surface area contributed by atoms with Gasteiger partial charge in [0.15, 0.2) is 0 Å². The second kappa shape index (κ2) is 8.97. The minimum atomic E-state index is -0.522. The van der Waals surface area contributed by atoms with Crippen molar-refractivity contribution in [2.24, 2.45) is 4.99 Å². The number of halogens is 2. The highest BCUT2D eigenvalue weighted by Crippen LogP contribution is 2.28. The number of nitrogens with zero attached hydrogens (tertiary/aromatic N) is 3. The molecule has 2 amide bonds. The van der Waals surface area contributed by atoms with Gasteiger partial charge in [-0.15, -0.1) is 0 Å². The maximum Gasteiger partial charge on any atom is 0.258 e. The van der Waals surface area contributed by atoms with Crippen molar-refractivity contribution in [3.05, 3.63) is 51.7 Å². The van der Waals surface area contributed by atoms with Crippen LogP contribution in [0.15, 0.2) is 45.3 Å². The van der Waals surface area contributed by atoms with Gasteiger partial charge in [-0.1, -0.05) is 11.6 Å². The summed E-state index contributed by atoms with van der Waals surface area (Å²) in [6.45, 7) is 6.23. The Balaban J connectivity index is 1.53. The average molecular weight is 474 g/mol. The van der Waals surface area contributed by atoms with Crippen molar-refractivity contribution in [3.63, 3.8) is 0 Å². The van der Waals surface area contributed by atoms with E-state index in [1.54, 1.807) is 11.8 Å². The molecule has 2 N–H and O–H groups in total. The zero-order valence-corrected chi connectivity index (χ0v) is 19.4. The lowest BCUT2D eigenvalue weighted by molar-refractivity contribution is -0.137. The number of carbonyl (C=O) groups excluding carboxylic acids is 2. The van der Waals surface area contributed by atoms with Crippen LogP contribution < -0.4 is 10.1 Å². The van der Waals surface area contributed by atoms with Gasteiger partial charge in [-0.25, -0.2) is 9.38 Å². The molecule has 8 nitrogen and oxygen atoms in total. The maximum absolute atomic E-state index is 13.9. The SMILES string of the molecule is CC(=O)N1CC[C@@H]1COc1cc(F)ccc1C(=O)N1CC(=N)/C(=C2/N=C(C)C(Cl)=C(C)N2)C1. The Kier molecular flexibility index (Phi) is 6.25. The quantitative estimate of drug-likeness (QED) is 0.702. The summed E-state index contributed by atoms with van der Waals surface area (Å²) in [6, 6.07) is 3.68. The molecule has 1 aromatic rings. The Labute approximate surface area is 196 Å². The number of hydrogen-bond acceptors (Lipinski definition) is 6. The number of hydrogen-bond donors (Lipinski definition) is 2. The van der Waals surface area contributed by atoms with Crippen molar-refractivity contribution in [3.8, 4) is 5.75 Å². The Morgan fingerprint density at radius 2 is 2.09 bits per heavy atom. The fourth-order valence-corrected chi connectivity index (χ4v) is 4.15. The predicted molar refractivity (Wildman–Crippen MR) is 123 cm³/mol. The molecule has 0 saturated carbocycles. The van der Waals surface area contributed by atoms with Crippen LogP contribution in [0.1, 0.15) is 37.6 Å². The van der Waals surface area contributed by atoms with E-state index in [1.807, 2.05) is 6.92 Å². The third-order valence-electron chi connectivity index (χ3n) is 6.02. The Morgan fingerprint density at radius 1 is 1.33 bits per heavy atom. The topological polar surface area (TPSA) is 98.1 Å². The normalized spacial score (nSPS) is 22.8. The van der Waals surface area contributed by atoms with Gasteiger partial charge in [0.05, 0.1) is 41.2 Å². The van der Waals surface area contributed by atoms with Crippen molar-refractivity contribution in [2.45, 2.75) is 33.2 Å². The van der Waals surface area contributed by atoms with E-state index >= 15 is 0 Å². The van der Waals surface area contributed by atoms with Gasteiger partial charge >= 0.3 is 0 Å². The van der Waals surface area contributed by atoms with Gasteiger partial charge in [0.2, 0.25) is 5.91 Å². The zero-order valence-electron chi connectivity index (χ0n) is 18.7. The van der Waals surface area contributed by atoms with Crippen LogP contribution in [-0.2, 0) is 4.79 Å². The molecule has 0 spiro atoms. The number of rotatable bonds is 4. The highest BCUT2D eigenvalue weighted by molar-refractivity contribution is 6.43. The number of likely N-dealkylation sites (tertiary alicyclic amines) is 2. The molecule has 10 heteroatoms. The highest BCUT2D eigenvalue weighted by atomic mass is 35.5. The summed E-state index contributed by atoms with van der Waals surface area (Å²) >= 11 is 6.19. The first-order valence-electron chi connectivity index (χ1n) is 10.6. The maximum atomic E-state index is 13.9. The fraction of sp³-hybridized carbons (Fsp3) is 0.391. The molecular formula is C23H25ClFN5O3. The van der Waals surface area contributed by atoms with Gasteiger partial charge in [0.1, 0.15) is 24.0 Å². The zero-order chi connectivity index (χ0) is 23.9. The third-order valence-corrected chi connectivity index (χ3v) is 6.58. The number of benzene rings is 1. The molecule has 3 aliphatic heterocycles. The van der Waals surface area contributed by atoms with E-state index in [-0.39, 0.29) is 54.6 Å². The molecule has 0 bridgehead atoms. The monoisotopic (exact) mass is 473 g/mol. The molecule has 0 aliphatic carbocycles. The number of allylic oxidation sites excluding steroid dienone is 2. The van der Waals surface area contributed by atoms with E-state index in [2.05, 4.69) is 10.3 Å². The summed E-state index contributed by atoms with van der Waals surface area (Å²) in [5.74, 6) is -0.310. The largest absolute Gasteiger partial charge is 0.490 e. The van der Waals surface area contributed by atoms with E-state index in [0.717, 1.165) is 12.1 Å². The molecule has 1 aromatic carbocycles. The van der Waals surface area contributed by atoms with Gasteiger partial charge in [-0.05, 0) is 32.4 Å². The summed E-state index contributed by atoms with van der Waals surface area (Å²) in [6.07, 6.45) is 0.795. The molecular weight excluding hydrogens is 449 g/mol. The first-order chi connectivity index (χ1) is 15.7. The lowest BCUT2D eigenvalue weighted by Gasteiger charge is -2.40. The summed E-state index contributed by atoms with van der Waals surface area (Å²) in [7, 11) is 0. The second-order valence-electron chi connectivity index (χ2n) is 8.33. The summed E-state index contributed by atoms with van der Waals surface area (Å²) in [4.78, 5) is 32.5. The first-order valence-corrected chi connectivity index (χ1v) is 11.0. The molecule has 0 aromatic heterocycles. The molecule has 2 fully saturated rings. The van der Waals surface area contributed by atoms with Crippen molar-refractivity contribution >= 4 is 34.8 Å². The molecule has 33 heavy (non-hydrogen) atoms. The molecule has 4 rings (SSSR count). The van der Waals surface area contributed by atoms with Crippen molar-refractivity contribution in [1.82, 2.24) is 15.1 Å². The van der Waals surface area contributed by atoms with E-state index in [1.165, 1.54) is 30.0 Å². The predicted octanol–water partition coefficient (Wildman–Crippen LogP) is 3.05. The minimum Gasteiger partial charge on any atom is -0.490 e. The molecule has 2 saturated heterocycles. The van der Waals surface area contributed by atoms with Gasteiger partial charge in [-0.3, -0.25) is 9.59 Å². The minimum absolute atomic E-state index is 0.0397. The Hall–Kier alpha value is -3.20. The molecule has 0 unspecified atom stereocenters. The number of nitrogens with one attached hydrogen (secondary N) is 2. The molecule has 174 valence electrons. The Morgan fingerprint density at radius 3 is 2.73 bits per heavy atom. The van der Waals surface area contributed by atoms with Gasteiger partial charge in [0, 0.05) is 30.8 Å². The summed E-state index contributed by atoms with van der Waals surface area (Å²) < 4.78 is 19.7. The van der Waals surface area contributed by atoms with Gasteiger partial charge in [0.25, 0.3) is 5.91 Å². The fourth-order valence-electron chi connectivity index (χ4n) is 4.06. The van der Waals surface area contributed by atoms with Crippen molar-refractivity contribution in [2.75, 3.05) is 26.2 Å². The molecule has 0 radical (unpaired) electrons. The van der Waals surface area contributed by atoms with Crippen LogP contribution >= 0.6 is 11.6 Å². The first kappa shape index (κ1) is 23.0. The van der Waals surface area contributed by atoms with Crippen LogP contribution in [0, 0.1) is 11.2 Å². The van der Waals surface area contributed by atoms with Crippen LogP contribution in [0.4, 0.5) is 4.39 Å². The summed E-state index contributed by atoms with van der Waals surface area (Å²) in [5.41, 5.74) is 2.44. The summed E-state index contributed by atoms with van der Waals surface area (Å²) in [5, 5.41) is 12.0. The van der Waals surface area contributed by atoms with Crippen LogP contribution in [0.3, 0.4) is 0 Å². The van der Waals surface area contributed by atoms with E-state index in [4.69, 9.17) is 21.7 Å². The van der Waals surface area contributed by atoms with E-state index < -0.39 is 5.82 Å². The molecule has 3 heterocycles. The van der Waals surface area contributed by atoms with Gasteiger partial charge in [-0.2, -0.15) is 0 Å². The second-order valence-corrected chi connectivity index (χ2v) is 8.71. The lowest BCUT2D eigenvalue weighted by Crippen LogP contribution is -2.53. The standard InChI is InChI=1S/C23H25ClFN5O3/c1-12-21(24)13(2)28-22(27-12)18-9-29(10-19(18)26)23(32)17-5-4-15(25)8-20(17)33-11-16-6-7-30(16)14(3)31/h4-5,8,16,26-27H,6-7,9-11H2,1-3H3/b22-18+,26-19?/t16-/m1/s1. The van der Waals surface area contributed by atoms with Crippen LogP contribution in [0.2, 0.25) is 0 Å². The smallest absolute Gasteiger partial charge is 0.258 e. The van der Waals surface area contributed by atoms with Crippen molar-refractivity contribution in [1.29, 1.82) is 5.41 Å². The van der Waals surface area contributed by atoms with Crippen LogP contribution in [0.25, 0.3) is 0 Å². The highest BCUT2D eigenvalue weighted by Gasteiger charge is 2.33. The molecule has 3 aliphatic rings. The van der Waals surface area contributed by atoms with Crippen LogP contribution in [-0.4, -0.2) is 65.3 Å². The molecule has 1 atom stereocenters. The average Bonchev–Trinajstić information content (AvgIpc) is 3.12. The number of amides is 2. The number of aliphatic imine (C=N–C) groups is 1. The number of carbonyl (C=O) groups is 2. The van der Waals surface area contributed by atoms with E-state index in [9.17, 15) is 14.0 Å². The third kappa shape index (κ3) is 4.50. The van der Waals surface area contributed by atoms with E-state index in [0.29, 0.717) is 28.7 Å². The Bertz CT molecular complexity index is 1140. The number of ether oxygens (including phenoxy) is 1.